The molecule has 0 bridgehead atoms. The molecule has 0 aliphatic heterocycles. The highest BCUT2D eigenvalue weighted by molar-refractivity contribution is 6.07. The van der Waals surface area contributed by atoms with E-state index in [1.165, 1.54) is 0 Å². The normalized spacial score (nSPS) is 11.4. The summed E-state index contributed by atoms with van der Waals surface area (Å²) in [5.41, 5.74) is 2.58. The summed E-state index contributed by atoms with van der Waals surface area (Å²) in [5, 5.41) is 11.4. The van der Waals surface area contributed by atoms with Gasteiger partial charge in [0.25, 0.3) is 0 Å². The highest BCUT2D eigenvalue weighted by Gasteiger charge is 2.06. The van der Waals surface area contributed by atoms with Crippen LogP contribution in [0.1, 0.15) is 0 Å². The van der Waals surface area contributed by atoms with Crippen molar-refractivity contribution in [2.24, 2.45) is 0 Å². The number of rotatable bonds is 0. The van der Waals surface area contributed by atoms with Gasteiger partial charge in [-0.2, -0.15) is 0 Å². The molecule has 3 heteroatoms. The quantitative estimate of drug-likeness (QED) is 0.380. The number of nitrogens with one attached hydrogen (secondary N) is 1. The lowest BCUT2D eigenvalue weighted by molar-refractivity contribution is 0.602. The van der Waals surface area contributed by atoms with Crippen LogP contribution in [0, 0.1) is 5.41 Å². The van der Waals surface area contributed by atoms with Gasteiger partial charge in [-0.05, 0) is 30.3 Å². The molecule has 0 saturated carbocycles. The number of hydrogen-bond donors (Lipinski definition) is 1. The Hall–Kier alpha value is -2.68. The molecule has 1 N–H and O–H groups in total. The first-order chi connectivity index (χ1) is 9.33. The van der Waals surface area contributed by atoms with Crippen LogP contribution in [0.15, 0.2) is 59.2 Å². The topological polar surface area (TPSA) is 49.9 Å². The van der Waals surface area contributed by atoms with Gasteiger partial charge in [-0.3, -0.25) is 5.41 Å². The molecule has 0 amide bonds. The zero-order chi connectivity index (χ0) is 12.8. The molecule has 0 fully saturated rings. The summed E-state index contributed by atoms with van der Waals surface area (Å²) in [7, 11) is 0. The minimum absolute atomic E-state index is 0.462. The number of hydrogen-bond acceptors (Lipinski definition) is 3. The van der Waals surface area contributed by atoms with Crippen LogP contribution >= 0.6 is 0 Å². The first-order valence-corrected chi connectivity index (χ1v) is 6.07. The zero-order valence-corrected chi connectivity index (χ0v) is 10.1. The maximum Gasteiger partial charge on any atom is 0.136 e. The fourth-order valence-corrected chi connectivity index (χ4v) is 2.46. The van der Waals surface area contributed by atoms with Crippen molar-refractivity contribution in [3.63, 3.8) is 0 Å². The fraction of sp³-hybridized carbons (Fsp3) is 0. The second kappa shape index (κ2) is 3.65. The maximum absolute atomic E-state index is 8.07. The summed E-state index contributed by atoms with van der Waals surface area (Å²) in [6, 6.07) is 15.6. The van der Waals surface area contributed by atoms with Crippen molar-refractivity contribution < 1.29 is 4.42 Å². The Morgan fingerprint density at radius 3 is 2.79 bits per heavy atom. The summed E-state index contributed by atoms with van der Waals surface area (Å²) in [5.74, 6) is 0. The average molecular weight is 246 g/mol. The van der Waals surface area contributed by atoms with E-state index in [1.54, 1.807) is 12.3 Å². The molecule has 0 atom stereocenters. The van der Waals surface area contributed by atoms with E-state index in [-0.39, 0.29) is 0 Å². The van der Waals surface area contributed by atoms with Gasteiger partial charge in [0.1, 0.15) is 5.58 Å². The standard InChI is InChI=1S/C16H10N2O/c17-12-7-8-19-15-6-5-14-11(16(12)15)9-10-3-1-2-4-13(10)18-14/h1-9,17H. The van der Waals surface area contributed by atoms with Crippen molar-refractivity contribution in [2.75, 3.05) is 0 Å². The number of aromatic nitrogens is 1. The molecule has 0 radical (unpaired) electrons. The monoisotopic (exact) mass is 246 g/mol. The SMILES string of the molecule is N=c1ccoc2ccc3nc4ccccc4cc3c12. The number of para-hydroxylation sites is 1. The third-order valence-electron chi connectivity index (χ3n) is 3.36. The van der Waals surface area contributed by atoms with Crippen molar-refractivity contribution in [1.29, 1.82) is 5.41 Å². The molecule has 4 rings (SSSR count). The molecule has 19 heavy (non-hydrogen) atoms. The van der Waals surface area contributed by atoms with Crippen LogP contribution in [-0.4, -0.2) is 4.98 Å². The van der Waals surface area contributed by atoms with Gasteiger partial charge < -0.3 is 4.42 Å². The number of fused-ring (bicyclic) bond motifs is 4. The van der Waals surface area contributed by atoms with E-state index in [2.05, 4.69) is 11.1 Å². The van der Waals surface area contributed by atoms with Crippen LogP contribution in [0.25, 0.3) is 32.8 Å². The maximum atomic E-state index is 8.07. The molecular formula is C16H10N2O. The zero-order valence-electron chi connectivity index (χ0n) is 10.1. The van der Waals surface area contributed by atoms with E-state index in [9.17, 15) is 0 Å². The molecule has 0 spiro atoms. The van der Waals surface area contributed by atoms with Gasteiger partial charge in [0, 0.05) is 10.8 Å². The van der Waals surface area contributed by atoms with Crippen LogP contribution in [0.3, 0.4) is 0 Å². The molecule has 0 unspecified atom stereocenters. The molecule has 0 aliphatic carbocycles. The van der Waals surface area contributed by atoms with E-state index in [0.29, 0.717) is 5.36 Å². The minimum Gasteiger partial charge on any atom is -0.464 e. The number of benzene rings is 2. The Morgan fingerprint density at radius 2 is 1.84 bits per heavy atom. The molecule has 4 aromatic rings. The Morgan fingerprint density at radius 1 is 0.947 bits per heavy atom. The van der Waals surface area contributed by atoms with E-state index >= 15 is 0 Å². The van der Waals surface area contributed by atoms with Gasteiger partial charge in [-0.15, -0.1) is 0 Å². The van der Waals surface area contributed by atoms with Crippen LogP contribution in [0.5, 0.6) is 0 Å². The van der Waals surface area contributed by atoms with E-state index in [1.807, 2.05) is 36.4 Å². The van der Waals surface area contributed by atoms with Gasteiger partial charge in [0.2, 0.25) is 0 Å². The second-order valence-electron chi connectivity index (χ2n) is 4.52. The van der Waals surface area contributed by atoms with Crippen molar-refractivity contribution in [1.82, 2.24) is 4.98 Å². The first kappa shape index (κ1) is 10.3. The minimum atomic E-state index is 0.462. The fourth-order valence-electron chi connectivity index (χ4n) is 2.46. The van der Waals surface area contributed by atoms with Crippen molar-refractivity contribution in [2.45, 2.75) is 0 Å². The largest absolute Gasteiger partial charge is 0.464 e. The predicted molar refractivity (Wildman–Crippen MR) is 74.9 cm³/mol. The number of nitrogens with zero attached hydrogens (tertiary/aromatic N) is 1. The number of pyridine rings is 1. The van der Waals surface area contributed by atoms with Gasteiger partial charge >= 0.3 is 0 Å². The third-order valence-corrected chi connectivity index (χ3v) is 3.36. The Bertz CT molecular complexity index is 986. The van der Waals surface area contributed by atoms with Crippen LogP contribution in [0.4, 0.5) is 0 Å². The highest BCUT2D eigenvalue weighted by atomic mass is 16.3. The average Bonchev–Trinajstić information content (AvgIpc) is 2.45. The molecular weight excluding hydrogens is 236 g/mol. The van der Waals surface area contributed by atoms with Gasteiger partial charge in [-0.1, -0.05) is 18.2 Å². The lowest BCUT2D eigenvalue weighted by Gasteiger charge is -2.04. The molecule has 3 nitrogen and oxygen atoms in total. The van der Waals surface area contributed by atoms with Gasteiger partial charge in [0.05, 0.1) is 28.0 Å². The van der Waals surface area contributed by atoms with Gasteiger partial charge in [0.15, 0.2) is 0 Å². The van der Waals surface area contributed by atoms with Crippen LogP contribution < -0.4 is 5.36 Å². The first-order valence-electron chi connectivity index (χ1n) is 6.07. The lowest BCUT2D eigenvalue weighted by Crippen LogP contribution is -1.99. The smallest absolute Gasteiger partial charge is 0.136 e. The molecule has 0 aliphatic rings. The predicted octanol–water partition coefficient (Wildman–Crippen LogP) is 3.61. The Kier molecular flexibility index (Phi) is 1.97. The molecule has 2 aromatic heterocycles. The highest BCUT2D eigenvalue weighted by Crippen LogP contribution is 2.25. The second-order valence-corrected chi connectivity index (χ2v) is 4.52. The molecule has 2 aromatic carbocycles. The summed E-state index contributed by atoms with van der Waals surface area (Å²) in [6.45, 7) is 0. The van der Waals surface area contributed by atoms with Crippen molar-refractivity contribution in [3.05, 3.63) is 60.2 Å². The van der Waals surface area contributed by atoms with E-state index in [0.717, 1.165) is 32.8 Å². The Labute approximate surface area is 108 Å². The summed E-state index contributed by atoms with van der Waals surface area (Å²) in [6.07, 6.45) is 1.55. The molecule has 2 heterocycles. The van der Waals surface area contributed by atoms with Crippen LogP contribution in [0.2, 0.25) is 0 Å². The molecule has 0 saturated heterocycles. The van der Waals surface area contributed by atoms with Crippen LogP contribution in [-0.2, 0) is 0 Å². The third kappa shape index (κ3) is 1.45. The summed E-state index contributed by atoms with van der Waals surface area (Å²) < 4.78 is 5.46. The van der Waals surface area contributed by atoms with Crippen molar-refractivity contribution >= 4 is 32.8 Å². The lowest BCUT2D eigenvalue weighted by atomic mass is 10.1. The summed E-state index contributed by atoms with van der Waals surface area (Å²) >= 11 is 0. The summed E-state index contributed by atoms with van der Waals surface area (Å²) in [4.78, 5) is 4.64. The Balaban J connectivity index is 2.32. The van der Waals surface area contributed by atoms with Gasteiger partial charge in [-0.25, -0.2) is 4.98 Å². The van der Waals surface area contributed by atoms with Crippen molar-refractivity contribution in [3.8, 4) is 0 Å². The van der Waals surface area contributed by atoms with E-state index < -0.39 is 0 Å². The van der Waals surface area contributed by atoms with E-state index in [4.69, 9.17) is 9.83 Å². The molecule has 90 valence electrons.